The van der Waals surface area contributed by atoms with Crippen LogP contribution in [0.3, 0.4) is 0 Å². The second-order valence-electron chi connectivity index (χ2n) is 4.04. The minimum Gasteiger partial charge on any atom is -0.399 e. The van der Waals surface area contributed by atoms with Crippen LogP contribution in [-0.2, 0) is 10.0 Å². The van der Waals surface area contributed by atoms with Crippen LogP contribution in [0, 0.1) is 0 Å². The van der Waals surface area contributed by atoms with E-state index < -0.39 is 10.0 Å². The number of aromatic nitrogens is 2. The third kappa shape index (κ3) is 2.43. The lowest BCUT2D eigenvalue weighted by Gasteiger charge is -2.03. The van der Waals surface area contributed by atoms with E-state index in [0.717, 1.165) is 4.70 Å². The average molecular weight is 306 g/mol. The van der Waals surface area contributed by atoms with E-state index in [-0.39, 0.29) is 4.90 Å². The smallest absolute Gasteiger partial charge is 0.265 e. The van der Waals surface area contributed by atoms with E-state index in [1.165, 1.54) is 29.8 Å². The molecule has 0 aliphatic carbocycles. The van der Waals surface area contributed by atoms with Crippen molar-refractivity contribution in [2.75, 3.05) is 10.5 Å². The maximum Gasteiger partial charge on any atom is 0.265 e. The molecule has 0 spiro atoms. The predicted molar refractivity (Wildman–Crippen MR) is 79.1 cm³/mol. The summed E-state index contributed by atoms with van der Waals surface area (Å²) in [6.45, 7) is 0. The minimum absolute atomic E-state index is 0.0961. The Labute approximate surface area is 119 Å². The third-order valence-electron chi connectivity index (χ3n) is 2.58. The topological polar surface area (TPSA) is 98.0 Å². The molecular weight excluding hydrogens is 296 g/mol. The number of benzene rings is 1. The zero-order chi connectivity index (χ0) is 14.2. The number of thiazole rings is 1. The molecule has 0 unspecified atom stereocenters. The predicted octanol–water partition coefficient (Wildman–Crippen LogP) is 2.07. The Morgan fingerprint density at radius 1 is 1.25 bits per heavy atom. The number of rotatable bonds is 3. The number of nitrogens with two attached hydrogens (primary N) is 1. The number of fused-ring (bicyclic) bond motifs is 1. The van der Waals surface area contributed by atoms with Crippen molar-refractivity contribution in [3.05, 3.63) is 42.7 Å². The molecule has 0 bridgehead atoms. The Bertz CT molecular complexity index is 860. The van der Waals surface area contributed by atoms with E-state index in [2.05, 4.69) is 14.7 Å². The van der Waals surface area contributed by atoms with Crippen LogP contribution in [0.15, 0.2) is 47.6 Å². The SMILES string of the molecule is Nc1ccc2nc(NS(=O)(=O)c3cccnc3)sc2c1. The van der Waals surface area contributed by atoms with Gasteiger partial charge in [-0.3, -0.25) is 9.71 Å². The summed E-state index contributed by atoms with van der Waals surface area (Å²) in [4.78, 5) is 8.11. The summed E-state index contributed by atoms with van der Waals surface area (Å²) in [5.41, 5.74) is 7.00. The second-order valence-corrected chi connectivity index (χ2v) is 6.75. The summed E-state index contributed by atoms with van der Waals surface area (Å²) < 4.78 is 27.5. The van der Waals surface area contributed by atoms with E-state index in [4.69, 9.17) is 5.73 Å². The van der Waals surface area contributed by atoms with Gasteiger partial charge in [0.25, 0.3) is 10.0 Å². The molecule has 0 amide bonds. The van der Waals surface area contributed by atoms with Gasteiger partial charge in [0.15, 0.2) is 5.13 Å². The van der Waals surface area contributed by atoms with Crippen LogP contribution in [0.5, 0.6) is 0 Å². The van der Waals surface area contributed by atoms with Gasteiger partial charge in [-0.2, -0.15) is 0 Å². The Balaban J connectivity index is 1.97. The molecular formula is C12H10N4O2S2. The molecule has 0 aliphatic rings. The lowest BCUT2D eigenvalue weighted by Crippen LogP contribution is -2.12. The molecule has 0 atom stereocenters. The molecule has 6 nitrogen and oxygen atoms in total. The molecule has 0 saturated carbocycles. The molecule has 0 radical (unpaired) electrons. The van der Waals surface area contributed by atoms with E-state index in [9.17, 15) is 8.42 Å². The Kier molecular flexibility index (Phi) is 3.03. The van der Waals surface area contributed by atoms with Gasteiger partial charge in [-0.1, -0.05) is 11.3 Å². The first-order valence-corrected chi connectivity index (χ1v) is 7.93. The fraction of sp³-hybridized carbons (Fsp3) is 0. The molecule has 8 heteroatoms. The maximum atomic E-state index is 12.1. The van der Waals surface area contributed by atoms with Crippen molar-refractivity contribution in [3.63, 3.8) is 0 Å². The van der Waals surface area contributed by atoms with Crippen LogP contribution in [0.1, 0.15) is 0 Å². The van der Waals surface area contributed by atoms with Gasteiger partial charge in [-0.25, -0.2) is 13.4 Å². The lowest BCUT2D eigenvalue weighted by molar-refractivity contribution is 0.601. The summed E-state index contributed by atoms with van der Waals surface area (Å²) in [6, 6.07) is 8.27. The molecule has 3 N–H and O–H groups in total. The van der Waals surface area contributed by atoms with Gasteiger partial charge in [0.05, 0.1) is 10.2 Å². The number of sulfonamides is 1. The fourth-order valence-electron chi connectivity index (χ4n) is 1.66. The molecule has 2 heterocycles. The monoisotopic (exact) mass is 306 g/mol. The van der Waals surface area contributed by atoms with Crippen molar-refractivity contribution < 1.29 is 8.42 Å². The van der Waals surface area contributed by atoms with E-state index in [1.54, 1.807) is 24.3 Å². The number of nitrogens with one attached hydrogen (secondary N) is 1. The summed E-state index contributed by atoms with van der Waals surface area (Å²) in [6.07, 6.45) is 2.80. The van der Waals surface area contributed by atoms with Crippen LogP contribution < -0.4 is 10.5 Å². The van der Waals surface area contributed by atoms with Crippen molar-refractivity contribution >= 4 is 42.4 Å². The van der Waals surface area contributed by atoms with Crippen LogP contribution >= 0.6 is 11.3 Å². The highest BCUT2D eigenvalue weighted by atomic mass is 32.2. The molecule has 1 aromatic carbocycles. The highest BCUT2D eigenvalue weighted by Gasteiger charge is 2.16. The first kappa shape index (κ1) is 12.8. The molecule has 0 saturated heterocycles. The van der Waals surface area contributed by atoms with Gasteiger partial charge in [0.2, 0.25) is 0 Å². The second kappa shape index (κ2) is 4.73. The quantitative estimate of drug-likeness (QED) is 0.722. The highest BCUT2D eigenvalue weighted by molar-refractivity contribution is 7.93. The van der Waals surface area contributed by atoms with Crippen molar-refractivity contribution in [1.29, 1.82) is 0 Å². The van der Waals surface area contributed by atoms with Crippen LogP contribution in [-0.4, -0.2) is 18.4 Å². The molecule has 2 aromatic heterocycles. The van der Waals surface area contributed by atoms with E-state index in [1.807, 2.05) is 0 Å². The van der Waals surface area contributed by atoms with Crippen LogP contribution in [0.2, 0.25) is 0 Å². The average Bonchev–Trinajstić information content (AvgIpc) is 2.80. The van der Waals surface area contributed by atoms with E-state index in [0.29, 0.717) is 16.3 Å². The van der Waals surface area contributed by atoms with Crippen molar-refractivity contribution in [3.8, 4) is 0 Å². The summed E-state index contributed by atoms with van der Waals surface area (Å²) in [5.74, 6) is 0. The van der Waals surface area contributed by atoms with Crippen LogP contribution in [0.4, 0.5) is 10.8 Å². The summed E-state index contributed by atoms with van der Waals surface area (Å²) in [7, 11) is -3.67. The van der Waals surface area contributed by atoms with Gasteiger partial charge in [0.1, 0.15) is 4.90 Å². The van der Waals surface area contributed by atoms with Gasteiger partial charge in [0, 0.05) is 18.1 Å². The van der Waals surface area contributed by atoms with Crippen molar-refractivity contribution in [2.24, 2.45) is 0 Å². The first-order chi connectivity index (χ1) is 9.54. The van der Waals surface area contributed by atoms with Gasteiger partial charge < -0.3 is 5.73 Å². The molecule has 0 aliphatic heterocycles. The standard InChI is InChI=1S/C12H10N4O2S2/c13-8-3-4-10-11(6-8)19-12(15-10)16-20(17,18)9-2-1-5-14-7-9/h1-7H,13H2,(H,15,16). The summed E-state index contributed by atoms with van der Waals surface area (Å²) in [5, 5.41) is 0.300. The third-order valence-corrected chi connectivity index (χ3v) is 4.97. The van der Waals surface area contributed by atoms with Crippen LogP contribution in [0.25, 0.3) is 10.2 Å². The molecule has 3 rings (SSSR count). The maximum absolute atomic E-state index is 12.1. The Morgan fingerprint density at radius 3 is 2.85 bits per heavy atom. The number of anilines is 2. The van der Waals surface area contributed by atoms with Gasteiger partial charge in [-0.15, -0.1) is 0 Å². The normalized spacial score (nSPS) is 11.6. The zero-order valence-electron chi connectivity index (χ0n) is 10.1. The first-order valence-electron chi connectivity index (χ1n) is 5.63. The number of nitrogen functional groups attached to an aromatic ring is 1. The van der Waals surface area contributed by atoms with E-state index >= 15 is 0 Å². The Morgan fingerprint density at radius 2 is 2.10 bits per heavy atom. The van der Waals surface area contributed by atoms with Crippen molar-refractivity contribution in [2.45, 2.75) is 4.90 Å². The number of pyridine rings is 1. The zero-order valence-corrected chi connectivity index (χ0v) is 11.8. The summed E-state index contributed by atoms with van der Waals surface area (Å²) >= 11 is 1.23. The molecule has 0 fully saturated rings. The highest BCUT2D eigenvalue weighted by Crippen LogP contribution is 2.28. The number of hydrogen-bond donors (Lipinski definition) is 2. The molecule has 20 heavy (non-hydrogen) atoms. The fourth-order valence-corrected chi connectivity index (χ4v) is 3.78. The lowest BCUT2D eigenvalue weighted by atomic mass is 10.3. The minimum atomic E-state index is -3.67. The molecule has 102 valence electrons. The van der Waals surface area contributed by atoms with Crippen molar-refractivity contribution in [1.82, 2.24) is 9.97 Å². The van der Waals surface area contributed by atoms with Gasteiger partial charge >= 0.3 is 0 Å². The number of hydrogen-bond acceptors (Lipinski definition) is 6. The Hall–Kier alpha value is -2.19. The molecule has 3 aromatic rings. The number of nitrogens with zero attached hydrogens (tertiary/aromatic N) is 2. The van der Waals surface area contributed by atoms with Gasteiger partial charge in [-0.05, 0) is 30.3 Å². The largest absolute Gasteiger partial charge is 0.399 e.